The Bertz CT molecular complexity index is 188. The van der Waals surface area contributed by atoms with Crippen molar-refractivity contribution in [3.8, 4) is 0 Å². The van der Waals surface area contributed by atoms with Crippen LogP contribution in [0.5, 0.6) is 0 Å². The lowest BCUT2D eigenvalue weighted by Gasteiger charge is -2.31. The molecule has 2 nitrogen and oxygen atoms in total. The molecule has 94 valence electrons. The summed E-state index contributed by atoms with van der Waals surface area (Å²) < 4.78 is 0.913. The lowest BCUT2D eigenvalue weighted by atomic mass is 9.87. The monoisotopic (exact) mass is 336 g/mol. The van der Waals surface area contributed by atoms with Crippen LogP contribution in [-0.4, -0.2) is 29.1 Å². The summed E-state index contributed by atoms with van der Waals surface area (Å²) in [5, 5.41) is 7.22. The SMILES string of the molecule is C[C@@H]1C[C@H](CC[C@@H]2C[C@@H](I)CCN2)CCN1. The van der Waals surface area contributed by atoms with Crippen LogP contribution in [0.25, 0.3) is 0 Å². The summed E-state index contributed by atoms with van der Waals surface area (Å²) >= 11 is 2.62. The molecule has 2 rings (SSSR count). The molecule has 2 aliphatic rings. The highest BCUT2D eigenvalue weighted by Gasteiger charge is 2.22. The van der Waals surface area contributed by atoms with Crippen LogP contribution in [0, 0.1) is 5.92 Å². The predicted molar refractivity (Wildman–Crippen MR) is 78.3 cm³/mol. The maximum atomic E-state index is 3.68. The molecule has 2 saturated heterocycles. The van der Waals surface area contributed by atoms with E-state index in [0.29, 0.717) is 0 Å². The van der Waals surface area contributed by atoms with Crippen molar-refractivity contribution in [2.24, 2.45) is 5.92 Å². The molecule has 2 aliphatic heterocycles. The first-order valence-corrected chi connectivity index (χ1v) is 8.09. The van der Waals surface area contributed by atoms with Gasteiger partial charge in [-0.25, -0.2) is 0 Å². The fourth-order valence-corrected chi connectivity index (χ4v) is 4.03. The van der Waals surface area contributed by atoms with Crippen LogP contribution in [-0.2, 0) is 0 Å². The van der Waals surface area contributed by atoms with E-state index in [1.807, 2.05) is 0 Å². The van der Waals surface area contributed by atoms with E-state index in [1.165, 1.54) is 51.6 Å². The van der Waals surface area contributed by atoms with Crippen molar-refractivity contribution in [1.29, 1.82) is 0 Å². The van der Waals surface area contributed by atoms with E-state index in [0.717, 1.165) is 21.9 Å². The van der Waals surface area contributed by atoms with Gasteiger partial charge in [-0.1, -0.05) is 22.6 Å². The summed E-state index contributed by atoms with van der Waals surface area (Å²) in [6.45, 7) is 4.80. The molecule has 0 unspecified atom stereocenters. The molecule has 0 aromatic rings. The minimum absolute atomic E-state index is 0.746. The van der Waals surface area contributed by atoms with Crippen LogP contribution in [0.4, 0.5) is 0 Å². The van der Waals surface area contributed by atoms with Crippen molar-refractivity contribution in [3.05, 3.63) is 0 Å². The van der Waals surface area contributed by atoms with E-state index >= 15 is 0 Å². The Morgan fingerprint density at radius 2 is 1.88 bits per heavy atom. The summed E-state index contributed by atoms with van der Waals surface area (Å²) in [6, 6.07) is 1.55. The maximum Gasteiger partial charge on any atom is 0.0136 e. The first kappa shape index (κ1) is 13.1. The van der Waals surface area contributed by atoms with Crippen molar-refractivity contribution in [2.45, 2.75) is 61.5 Å². The van der Waals surface area contributed by atoms with Gasteiger partial charge in [0.2, 0.25) is 0 Å². The largest absolute Gasteiger partial charge is 0.314 e. The molecule has 0 aliphatic carbocycles. The van der Waals surface area contributed by atoms with Gasteiger partial charge in [0, 0.05) is 16.0 Å². The van der Waals surface area contributed by atoms with Gasteiger partial charge in [-0.3, -0.25) is 0 Å². The summed E-state index contributed by atoms with van der Waals surface area (Å²) in [5.74, 6) is 0.979. The van der Waals surface area contributed by atoms with Crippen molar-refractivity contribution >= 4 is 22.6 Å². The van der Waals surface area contributed by atoms with E-state index in [1.54, 1.807) is 0 Å². The molecule has 0 amide bonds. The molecule has 0 radical (unpaired) electrons. The van der Waals surface area contributed by atoms with Crippen LogP contribution in [0.2, 0.25) is 0 Å². The number of nitrogens with one attached hydrogen (secondary N) is 2. The van der Waals surface area contributed by atoms with Crippen molar-refractivity contribution in [2.75, 3.05) is 13.1 Å². The van der Waals surface area contributed by atoms with Gasteiger partial charge in [0.1, 0.15) is 0 Å². The molecule has 0 saturated carbocycles. The second kappa shape index (κ2) is 6.55. The second-order valence-electron chi connectivity index (χ2n) is 5.60. The van der Waals surface area contributed by atoms with Gasteiger partial charge in [0.05, 0.1) is 0 Å². The predicted octanol–water partition coefficient (Wildman–Crippen LogP) is 2.71. The third-order valence-corrected chi connectivity index (χ3v) is 5.22. The van der Waals surface area contributed by atoms with Crippen molar-refractivity contribution in [1.82, 2.24) is 10.6 Å². The zero-order valence-corrected chi connectivity index (χ0v) is 12.5. The third kappa shape index (κ3) is 4.15. The van der Waals surface area contributed by atoms with E-state index in [9.17, 15) is 0 Å². The zero-order chi connectivity index (χ0) is 11.4. The van der Waals surface area contributed by atoms with E-state index < -0.39 is 0 Å². The fourth-order valence-electron chi connectivity index (χ4n) is 3.11. The van der Waals surface area contributed by atoms with Gasteiger partial charge in [-0.2, -0.15) is 0 Å². The minimum Gasteiger partial charge on any atom is -0.314 e. The Hall–Kier alpha value is 0.650. The van der Waals surface area contributed by atoms with E-state index in [4.69, 9.17) is 0 Å². The number of hydrogen-bond donors (Lipinski definition) is 2. The van der Waals surface area contributed by atoms with Crippen LogP contribution in [0.3, 0.4) is 0 Å². The Morgan fingerprint density at radius 3 is 2.62 bits per heavy atom. The van der Waals surface area contributed by atoms with Gasteiger partial charge in [0.25, 0.3) is 0 Å². The van der Waals surface area contributed by atoms with Gasteiger partial charge in [0.15, 0.2) is 0 Å². The molecule has 0 spiro atoms. The molecule has 0 aromatic carbocycles. The normalized spacial score (nSPS) is 40.9. The zero-order valence-electron chi connectivity index (χ0n) is 10.3. The van der Waals surface area contributed by atoms with Gasteiger partial charge >= 0.3 is 0 Å². The van der Waals surface area contributed by atoms with Gasteiger partial charge in [-0.05, 0) is 64.5 Å². The topological polar surface area (TPSA) is 24.1 Å². The van der Waals surface area contributed by atoms with Gasteiger partial charge < -0.3 is 10.6 Å². The fraction of sp³-hybridized carbons (Fsp3) is 1.00. The highest BCUT2D eigenvalue weighted by molar-refractivity contribution is 14.1. The number of halogens is 1. The number of hydrogen-bond acceptors (Lipinski definition) is 2. The molecule has 0 aromatic heterocycles. The molecule has 2 fully saturated rings. The van der Waals surface area contributed by atoms with Crippen molar-refractivity contribution in [3.63, 3.8) is 0 Å². The molecule has 4 atom stereocenters. The molecule has 2 heterocycles. The smallest absolute Gasteiger partial charge is 0.0136 e. The van der Waals surface area contributed by atoms with Crippen LogP contribution >= 0.6 is 22.6 Å². The first-order chi connectivity index (χ1) is 7.74. The molecule has 16 heavy (non-hydrogen) atoms. The van der Waals surface area contributed by atoms with Crippen LogP contribution in [0.15, 0.2) is 0 Å². The molecule has 0 bridgehead atoms. The highest BCUT2D eigenvalue weighted by atomic mass is 127. The first-order valence-electron chi connectivity index (χ1n) is 6.85. The minimum atomic E-state index is 0.746. The quantitative estimate of drug-likeness (QED) is 0.612. The van der Waals surface area contributed by atoms with E-state index in [-0.39, 0.29) is 0 Å². The number of rotatable bonds is 3. The van der Waals surface area contributed by atoms with Crippen LogP contribution < -0.4 is 10.6 Å². The summed E-state index contributed by atoms with van der Waals surface area (Å²) in [4.78, 5) is 0. The lowest BCUT2D eigenvalue weighted by Crippen LogP contribution is -2.40. The van der Waals surface area contributed by atoms with E-state index in [2.05, 4.69) is 40.1 Å². The summed E-state index contributed by atoms with van der Waals surface area (Å²) in [5.41, 5.74) is 0. The molecular formula is C13H25IN2. The standard InChI is InChI=1S/C13H25IN2/c1-10-8-11(4-6-15-10)2-3-13-9-12(14)5-7-16-13/h10-13,15-16H,2-9H2,1H3/t10-,11-,12+,13-/m1/s1. The highest BCUT2D eigenvalue weighted by Crippen LogP contribution is 2.25. The Morgan fingerprint density at radius 1 is 1.06 bits per heavy atom. The summed E-state index contributed by atoms with van der Waals surface area (Å²) in [7, 11) is 0. The Kier molecular flexibility index (Phi) is 5.36. The molecule has 2 N–H and O–H groups in total. The van der Waals surface area contributed by atoms with Crippen LogP contribution in [0.1, 0.15) is 45.4 Å². The number of piperidine rings is 2. The van der Waals surface area contributed by atoms with Crippen molar-refractivity contribution < 1.29 is 0 Å². The second-order valence-corrected chi connectivity index (χ2v) is 7.36. The average molecular weight is 336 g/mol. The Labute approximate surface area is 113 Å². The Balaban J connectivity index is 1.66. The lowest BCUT2D eigenvalue weighted by molar-refractivity contribution is 0.275. The molecular weight excluding hydrogens is 311 g/mol. The maximum absolute atomic E-state index is 3.68. The van der Waals surface area contributed by atoms with Gasteiger partial charge in [-0.15, -0.1) is 0 Å². The average Bonchev–Trinajstić information content (AvgIpc) is 2.27. The molecule has 3 heteroatoms. The third-order valence-electron chi connectivity index (χ3n) is 4.09. The summed E-state index contributed by atoms with van der Waals surface area (Å²) in [6.07, 6.45) is 8.37. The number of alkyl halides is 1.